The van der Waals surface area contributed by atoms with Crippen molar-refractivity contribution in [2.45, 2.75) is 26.2 Å². The molecule has 0 unspecified atom stereocenters. The molecule has 24 heavy (non-hydrogen) atoms. The minimum atomic E-state index is -0.210. The van der Waals surface area contributed by atoms with Crippen LogP contribution in [0.25, 0.3) is 0 Å². The molecule has 2 rings (SSSR count). The van der Waals surface area contributed by atoms with E-state index in [0.29, 0.717) is 45.0 Å². The predicted molar refractivity (Wildman–Crippen MR) is 93.9 cm³/mol. The van der Waals surface area contributed by atoms with Crippen molar-refractivity contribution in [1.29, 1.82) is 0 Å². The molecule has 5 nitrogen and oxygen atoms in total. The van der Waals surface area contributed by atoms with Gasteiger partial charge >= 0.3 is 6.03 Å². The van der Waals surface area contributed by atoms with Crippen molar-refractivity contribution < 1.29 is 13.9 Å². The largest absolute Gasteiger partial charge is 0.381 e. The second-order valence-corrected chi connectivity index (χ2v) is 5.98. The zero-order valence-corrected chi connectivity index (χ0v) is 14.5. The Hall–Kier alpha value is -1.82. The van der Waals surface area contributed by atoms with Gasteiger partial charge in [-0.25, -0.2) is 9.18 Å². The molecule has 1 aromatic carbocycles. The molecule has 0 radical (unpaired) electrons. The van der Waals surface area contributed by atoms with Crippen LogP contribution in [-0.2, 0) is 4.74 Å². The summed E-state index contributed by atoms with van der Waals surface area (Å²) in [6, 6.07) is 6.73. The Bertz CT molecular complexity index is 505. The summed E-state index contributed by atoms with van der Waals surface area (Å²) < 4.78 is 19.3. The molecule has 134 valence electrons. The highest BCUT2D eigenvalue weighted by atomic mass is 19.1. The first-order valence-electron chi connectivity index (χ1n) is 8.82. The van der Waals surface area contributed by atoms with Gasteiger partial charge in [0.15, 0.2) is 0 Å². The van der Waals surface area contributed by atoms with Gasteiger partial charge in [0.05, 0.1) is 5.69 Å². The van der Waals surface area contributed by atoms with E-state index in [1.807, 2.05) is 11.0 Å². The maximum atomic E-state index is 13.8. The van der Waals surface area contributed by atoms with E-state index in [0.717, 1.165) is 25.9 Å². The molecule has 0 atom stereocenters. The van der Waals surface area contributed by atoms with Gasteiger partial charge in [-0.3, -0.25) is 0 Å². The summed E-state index contributed by atoms with van der Waals surface area (Å²) >= 11 is 0. The molecular weight excluding hydrogens is 309 g/mol. The van der Waals surface area contributed by atoms with E-state index in [4.69, 9.17) is 4.74 Å². The Labute approximate surface area is 143 Å². The fourth-order valence-electron chi connectivity index (χ4n) is 2.69. The molecule has 1 aliphatic rings. The first kappa shape index (κ1) is 18.5. The van der Waals surface area contributed by atoms with E-state index in [2.05, 4.69) is 12.2 Å². The molecule has 1 N–H and O–H groups in total. The fourth-order valence-corrected chi connectivity index (χ4v) is 2.69. The number of halogens is 1. The van der Waals surface area contributed by atoms with Crippen molar-refractivity contribution in [2.24, 2.45) is 0 Å². The van der Waals surface area contributed by atoms with Gasteiger partial charge in [-0.1, -0.05) is 25.5 Å². The number of nitrogens with one attached hydrogen (secondary N) is 1. The molecule has 0 saturated carbocycles. The number of hydrogen-bond acceptors (Lipinski definition) is 3. The quantitative estimate of drug-likeness (QED) is 0.742. The van der Waals surface area contributed by atoms with E-state index in [9.17, 15) is 9.18 Å². The number of ether oxygens (including phenoxy) is 1. The van der Waals surface area contributed by atoms with Gasteiger partial charge in [0, 0.05) is 45.9 Å². The lowest BCUT2D eigenvalue weighted by molar-refractivity contribution is 0.128. The van der Waals surface area contributed by atoms with Crippen LogP contribution in [0.4, 0.5) is 14.9 Å². The number of urea groups is 1. The van der Waals surface area contributed by atoms with Gasteiger partial charge < -0.3 is 19.9 Å². The SMILES string of the molecule is CCCCOCCCNC(=O)N1CCN(c2ccccc2F)CC1. The average molecular weight is 337 g/mol. The molecule has 1 aromatic rings. The minimum Gasteiger partial charge on any atom is -0.381 e. The van der Waals surface area contributed by atoms with Crippen LogP contribution in [-0.4, -0.2) is 56.9 Å². The van der Waals surface area contributed by atoms with Crippen LogP contribution in [0.2, 0.25) is 0 Å². The first-order valence-corrected chi connectivity index (χ1v) is 8.82. The fraction of sp³-hybridized carbons (Fsp3) is 0.611. The zero-order valence-electron chi connectivity index (χ0n) is 14.5. The van der Waals surface area contributed by atoms with Crippen LogP contribution in [0.15, 0.2) is 24.3 Å². The van der Waals surface area contributed by atoms with E-state index >= 15 is 0 Å². The molecule has 0 bridgehead atoms. The third-order valence-electron chi connectivity index (χ3n) is 4.14. The van der Waals surface area contributed by atoms with Crippen molar-refractivity contribution in [3.05, 3.63) is 30.1 Å². The Morgan fingerprint density at radius 1 is 1.17 bits per heavy atom. The Morgan fingerprint density at radius 3 is 2.58 bits per heavy atom. The Morgan fingerprint density at radius 2 is 1.88 bits per heavy atom. The number of benzene rings is 1. The van der Waals surface area contributed by atoms with Crippen molar-refractivity contribution in [2.75, 3.05) is 50.8 Å². The van der Waals surface area contributed by atoms with Crippen molar-refractivity contribution in [1.82, 2.24) is 10.2 Å². The number of carbonyl (C=O) groups excluding carboxylic acids is 1. The molecule has 0 spiro atoms. The van der Waals surface area contributed by atoms with Gasteiger partial charge in [-0.05, 0) is 25.0 Å². The third-order valence-corrected chi connectivity index (χ3v) is 4.14. The molecule has 1 aliphatic heterocycles. The van der Waals surface area contributed by atoms with Crippen molar-refractivity contribution in [3.63, 3.8) is 0 Å². The van der Waals surface area contributed by atoms with Gasteiger partial charge in [0.1, 0.15) is 5.82 Å². The van der Waals surface area contributed by atoms with E-state index in [-0.39, 0.29) is 11.8 Å². The predicted octanol–water partition coefficient (Wildman–Crippen LogP) is 2.86. The van der Waals surface area contributed by atoms with Gasteiger partial charge in [0.2, 0.25) is 0 Å². The number of unbranched alkanes of at least 4 members (excludes halogenated alkanes) is 1. The molecular formula is C18H28FN3O2. The first-order chi connectivity index (χ1) is 11.7. The van der Waals surface area contributed by atoms with E-state index in [1.54, 1.807) is 17.0 Å². The summed E-state index contributed by atoms with van der Waals surface area (Å²) in [5.41, 5.74) is 0.613. The number of carbonyl (C=O) groups is 1. The summed E-state index contributed by atoms with van der Waals surface area (Å²) in [7, 11) is 0. The highest BCUT2D eigenvalue weighted by molar-refractivity contribution is 5.74. The smallest absolute Gasteiger partial charge is 0.317 e. The molecule has 6 heteroatoms. The summed E-state index contributed by atoms with van der Waals surface area (Å²) in [6.45, 7) is 6.74. The van der Waals surface area contributed by atoms with Crippen LogP contribution < -0.4 is 10.2 Å². The Balaban J connectivity index is 1.63. The lowest BCUT2D eigenvalue weighted by Crippen LogP contribution is -2.52. The number of nitrogens with zero attached hydrogens (tertiary/aromatic N) is 2. The third kappa shape index (κ3) is 5.67. The molecule has 1 heterocycles. The second-order valence-electron chi connectivity index (χ2n) is 5.98. The zero-order chi connectivity index (χ0) is 17.2. The van der Waals surface area contributed by atoms with Crippen LogP contribution in [0, 0.1) is 5.82 Å². The highest BCUT2D eigenvalue weighted by Crippen LogP contribution is 2.20. The minimum absolute atomic E-state index is 0.0447. The summed E-state index contributed by atoms with van der Waals surface area (Å²) in [6.07, 6.45) is 3.04. The monoisotopic (exact) mass is 337 g/mol. The molecule has 0 aliphatic carbocycles. The maximum Gasteiger partial charge on any atom is 0.317 e. The average Bonchev–Trinajstić information content (AvgIpc) is 2.61. The summed E-state index contributed by atoms with van der Waals surface area (Å²) in [5.74, 6) is -0.210. The van der Waals surface area contributed by atoms with Gasteiger partial charge in [-0.15, -0.1) is 0 Å². The summed E-state index contributed by atoms with van der Waals surface area (Å²) in [4.78, 5) is 15.9. The van der Waals surface area contributed by atoms with Crippen molar-refractivity contribution in [3.8, 4) is 0 Å². The number of piperazine rings is 1. The normalized spacial score (nSPS) is 14.8. The van der Waals surface area contributed by atoms with E-state index < -0.39 is 0 Å². The van der Waals surface area contributed by atoms with Crippen LogP contribution >= 0.6 is 0 Å². The van der Waals surface area contributed by atoms with Crippen LogP contribution in [0.3, 0.4) is 0 Å². The number of amides is 2. The van der Waals surface area contributed by atoms with Crippen molar-refractivity contribution >= 4 is 11.7 Å². The lowest BCUT2D eigenvalue weighted by atomic mass is 10.2. The van der Waals surface area contributed by atoms with Gasteiger partial charge in [0.25, 0.3) is 0 Å². The van der Waals surface area contributed by atoms with Gasteiger partial charge in [-0.2, -0.15) is 0 Å². The highest BCUT2D eigenvalue weighted by Gasteiger charge is 2.22. The second kappa shape index (κ2) is 10.1. The molecule has 1 fully saturated rings. The lowest BCUT2D eigenvalue weighted by Gasteiger charge is -2.36. The topological polar surface area (TPSA) is 44.8 Å². The van der Waals surface area contributed by atoms with Crippen LogP contribution in [0.5, 0.6) is 0 Å². The number of rotatable bonds is 8. The van der Waals surface area contributed by atoms with E-state index in [1.165, 1.54) is 6.07 Å². The maximum absolute atomic E-state index is 13.8. The molecule has 1 saturated heterocycles. The molecule has 2 amide bonds. The number of para-hydroxylation sites is 1. The molecule has 0 aromatic heterocycles. The van der Waals surface area contributed by atoms with Crippen LogP contribution in [0.1, 0.15) is 26.2 Å². The summed E-state index contributed by atoms with van der Waals surface area (Å²) in [5, 5.41) is 2.92. The standard InChI is InChI=1S/C18H28FN3O2/c1-2-3-14-24-15-6-9-20-18(23)22-12-10-21(11-13-22)17-8-5-4-7-16(17)19/h4-5,7-8H,2-3,6,9-15H2,1H3,(H,20,23). The number of anilines is 1. The number of hydrogen-bond donors (Lipinski definition) is 1. The Kier molecular flexibility index (Phi) is 7.82.